The van der Waals surface area contributed by atoms with E-state index in [0.717, 1.165) is 0 Å². The Morgan fingerprint density at radius 1 is 1.33 bits per heavy atom. The van der Waals surface area contributed by atoms with Crippen LogP contribution in [0.3, 0.4) is 0 Å². The van der Waals surface area contributed by atoms with Crippen LogP contribution in [-0.2, 0) is 0 Å². The van der Waals surface area contributed by atoms with Crippen LogP contribution in [0.4, 0.5) is 4.39 Å². The lowest BCUT2D eigenvalue weighted by atomic mass is 10.1. The number of nitrogens with zero attached hydrogens (tertiary/aromatic N) is 1. The summed E-state index contributed by atoms with van der Waals surface area (Å²) in [6.45, 7) is 5.75. The maximum absolute atomic E-state index is 13.2. The Labute approximate surface area is 89.5 Å². The smallest absolute Gasteiger partial charge is 0.181 e. The molecule has 1 aromatic rings. The van der Waals surface area contributed by atoms with Gasteiger partial charge in [-0.3, -0.25) is 4.79 Å². The fraction of sp³-hybridized carbons (Fsp3) is 0.417. The molecule has 0 saturated carbocycles. The van der Waals surface area contributed by atoms with Gasteiger partial charge in [0, 0.05) is 5.54 Å². The van der Waals surface area contributed by atoms with Crippen molar-refractivity contribution < 1.29 is 9.18 Å². The number of ketones is 1. The minimum Gasteiger partial charge on any atom is -0.293 e. The predicted molar refractivity (Wildman–Crippen MR) is 57.5 cm³/mol. The molecule has 15 heavy (non-hydrogen) atoms. The molecule has 3 heteroatoms. The molecule has 0 aliphatic carbocycles. The fourth-order valence-corrected chi connectivity index (χ4v) is 1.08. The average Bonchev–Trinajstić information content (AvgIpc) is 2.14. The second-order valence-electron chi connectivity index (χ2n) is 4.39. The van der Waals surface area contributed by atoms with Crippen LogP contribution in [0.15, 0.2) is 24.3 Å². The van der Waals surface area contributed by atoms with Crippen molar-refractivity contribution in [2.24, 2.45) is 0 Å². The second kappa shape index (κ2) is 4.53. The summed E-state index contributed by atoms with van der Waals surface area (Å²) in [5.74, 6) is -0.755. The molecule has 2 nitrogen and oxygen atoms in total. The zero-order valence-corrected chi connectivity index (χ0v) is 9.25. The van der Waals surface area contributed by atoms with Gasteiger partial charge < -0.3 is 0 Å². The monoisotopic (exact) mass is 208 g/mol. The summed E-state index contributed by atoms with van der Waals surface area (Å²) in [4.78, 5) is 11.6. The Balaban J connectivity index is 2.66. The lowest BCUT2D eigenvalue weighted by Crippen LogP contribution is -2.33. The van der Waals surface area contributed by atoms with E-state index in [1.54, 1.807) is 12.1 Å². The molecule has 0 atom stereocenters. The van der Waals surface area contributed by atoms with Crippen molar-refractivity contribution in [3.8, 4) is 0 Å². The highest BCUT2D eigenvalue weighted by atomic mass is 19.1. The molecular formula is C12H15FNO. The number of carbonyl (C=O) groups excluding carboxylic acids is 1. The van der Waals surface area contributed by atoms with Crippen molar-refractivity contribution in [1.82, 2.24) is 5.32 Å². The second-order valence-corrected chi connectivity index (χ2v) is 4.39. The molecule has 0 aliphatic heterocycles. The molecular weight excluding hydrogens is 193 g/mol. The number of halogens is 1. The molecule has 81 valence electrons. The van der Waals surface area contributed by atoms with Gasteiger partial charge in [0.2, 0.25) is 0 Å². The first kappa shape index (κ1) is 11.9. The first-order valence-corrected chi connectivity index (χ1v) is 4.86. The van der Waals surface area contributed by atoms with Crippen LogP contribution < -0.4 is 5.32 Å². The summed E-state index contributed by atoms with van der Waals surface area (Å²) in [5.41, 5.74) is -0.147. The largest absolute Gasteiger partial charge is 0.293 e. The van der Waals surface area contributed by atoms with Gasteiger partial charge in [0.25, 0.3) is 0 Å². The van der Waals surface area contributed by atoms with Crippen molar-refractivity contribution in [1.29, 1.82) is 0 Å². The van der Waals surface area contributed by atoms with Crippen LogP contribution in [0.5, 0.6) is 0 Å². The van der Waals surface area contributed by atoms with E-state index in [1.165, 1.54) is 12.1 Å². The van der Waals surface area contributed by atoms with E-state index in [2.05, 4.69) is 5.32 Å². The molecule has 1 radical (unpaired) electrons. The Kier molecular flexibility index (Phi) is 3.58. The van der Waals surface area contributed by atoms with E-state index in [4.69, 9.17) is 0 Å². The molecule has 0 aliphatic rings. The molecule has 0 heterocycles. The number of hydrogen-bond acceptors (Lipinski definition) is 1. The van der Waals surface area contributed by atoms with E-state index in [-0.39, 0.29) is 23.4 Å². The first-order chi connectivity index (χ1) is 6.90. The highest BCUT2D eigenvalue weighted by Gasteiger charge is 2.16. The third-order valence-electron chi connectivity index (χ3n) is 1.87. The first-order valence-electron chi connectivity index (χ1n) is 4.86. The molecule has 0 N–H and O–H groups in total. The number of benzene rings is 1. The van der Waals surface area contributed by atoms with Crippen LogP contribution in [0.1, 0.15) is 31.1 Å². The molecule has 1 rings (SSSR count). The number of carbonyl (C=O) groups is 1. The van der Waals surface area contributed by atoms with Crippen molar-refractivity contribution in [2.75, 3.05) is 6.54 Å². The maximum atomic E-state index is 13.2. The molecule has 0 amide bonds. The van der Waals surface area contributed by atoms with Gasteiger partial charge in [0.05, 0.1) is 12.1 Å². The van der Waals surface area contributed by atoms with E-state index in [9.17, 15) is 9.18 Å². The minimum atomic E-state index is -0.480. The summed E-state index contributed by atoms with van der Waals surface area (Å²) in [7, 11) is 0. The van der Waals surface area contributed by atoms with Gasteiger partial charge in [0.15, 0.2) is 5.78 Å². The Morgan fingerprint density at radius 2 is 1.93 bits per heavy atom. The normalized spacial score (nSPS) is 11.5. The summed E-state index contributed by atoms with van der Waals surface area (Å²) >= 11 is 0. The third-order valence-corrected chi connectivity index (χ3v) is 1.87. The quantitative estimate of drug-likeness (QED) is 0.702. The molecule has 0 bridgehead atoms. The van der Waals surface area contributed by atoms with Gasteiger partial charge in [-0.25, -0.2) is 9.71 Å². The van der Waals surface area contributed by atoms with Crippen LogP contribution >= 0.6 is 0 Å². The maximum Gasteiger partial charge on any atom is 0.181 e. The van der Waals surface area contributed by atoms with E-state index < -0.39 is 5.82 Å². The van der Waals surface area contributed by atoms with Crippen LogP contribution in [0.2, 0.25) is 0 Å². The van der Waals surface area contributed by atoms with E-state index >= 15 is 0 Å². The van der Waals surface area contributed by atoms with Crippen molar-refractivity contribution in [2.45, 2.75) is 26.3 Å². The lowest BCUT2D eigenvalue weighted by Gasteiger charge is -2.17. The molecule has 0 saturated heterocycles. The highest BCUT2D eigenvalue weighted by Crippen LogP contribution is 2.08. The molecule has 1 aromatic carbocycles. The Morgan fingerprint density at radius 3 is 2.47 bits per heavy atom. The molecule has 0 fully saturated rings. The van der Waals surface area contributed by atoms with E-state index in [1.807, 2.05) is 20.8 Å². The van der Waals surface area contributed by atoms with Gasteiger partial charge in [-0.1, -0.05) is 12.1 Å². The SMILES string of the molecule is CC(C)(C)[N]CC(=O)c1ccccc1F. The van der Waals surface area contributed by atoms with Crippen molar-refractivity contribution >= 4 is 5.78 Å². The van der Waals surface area contributed by atoms with Crippen molar-refractivity contribution in [3.05, 3.63) is 35.6 Å². The summed E-state index contributed by atoms with van der Waals surface area (Å²) in [6, 6.07) is 5.97. The zero-order valence-electron chi connectivity index (χ0n) is 9.25. The minimum absolute atomic E-state index is 0.0322. The topological polar surface area (TPSA) is 31.2 Å². The number of hydrogen-bond donors (Lipinski definition) is 0. The van der Waals surface area contributed by atoms with Crippen LogP contribution in [0.25, 0.3) is 0 Å². The third kappa shape index (κ3) is 3.80. The predicted octanol–water partition coefficient (Wildman–Crippen LogP) is 2.41. The number of Topliss-reactive ketones (excluding diaryl/α,β-unsaturated/α-hetero) is 1. The summed E-state index contributed by atoms with van der Waals surface area (Å²) < 4.78 is 13.2. The van der Waals surface area contributed by atoms with Crippen LogP contribution in [-0.4, -0.2) is 17.9 Å². The zero-order chi connectivity index (χ0) is 11.5. The van der Waals surface area contributed by atoms with Gasteiger partial charge in [-0.05, 0) is 32.9 Å². The number of rotatable bonds is 3. The average molecular weight is 208 g/mol. The van der Waals surface area contributed by atoms with Gasteiger partial charge in [-0.15, -0.1) is 0 Å². The van der Waals surface area contributed by atoms with Crippen molar-refractivity contribution in [3.63, 3.8) is 0 Å². The standard InChI is InChI=1S/C12H15FNO/c1-12(2,3)14-8-11(15)9-6-4-5-7-10(9)13/h4-7H,8H2,1-3H3. The Bertz CT molecular complexity index is 355. The van der Waals surface area contributed by atoms with E-state index in [0.29, 0.717) is 0 Å². The van der Waals surface area contributed by atoms with Gasteiger partial charge in [0.1, 0.15) is 5.82 Å². The molecule has 0 spiro atoms. The lowest BCUT2D eigenvalue weighted by molar-refractivity contribution is 0.0976. The Hall–Kier alpha value is -1.22. The van der Waals surface area contributed by atoms with Gasteiger partial charge in [-0.2, -0.15) is 0 Å². The van der Waals surface area contributed by atoms with Crippen LogP contribution in [0, 0.1) is 5.82 Å². The summed E-state index contributed by atoms with van der Waals surface area (Å²) in [5, 5.41) is 4.16. The highest BCUT2D eigenvalue weighted by molar-refractivity contribution is 5.97. The molecule has 0 unspecified atom stereocenters. The summed E-state index contributed by atoms with van der Waals surface area (Å²) in [6.07, 6.45) is 0. The molecule has 0 aromatic heterocycles. The van der Waals surface area contributed by atoms with Gasteiger partial charge >= 0.3 is 0 Å². The fourth-order valence-electron chi connectivity index (χ4n) is 1.08.